The summed E-state index contributed by atoms with van der Waals surface area (Å²) in [5.74, 6) is 1.49. The summed E-state index contributed by atoms with van der Waals surface area (Å²) in [6, 6.07) is 14.7. The first-order valence-corrected chi connectivity index (χ1v) is 10.0. The Labute approximate surface area is 177 Å². The number of hydrogen-bond acceptors (Lipinski definition) is 5. The summed E-state index contributed by atoms with van der Waals surface area (Å²) in [5.41, 5.74) is 3.46. The van der Waals surface area contributed by atoms with E-state index in [1.54, 1.807) is 42.1 Å². The lowest BCUT2D eigenvalue weighted by atomic mass is 10.2. The molecule has 2 aromatic heterocycles. The van der Waals surface area contributed by atoms with Crippen LogP contribution in [0.5, 0.6) is 0 Å². The van der Waals surface area contributed by atoms with Crippen LogP contribution in [0.2, 0.25) is 5.02 Å². The van der Waals surface area contributed by atoms with Crippen LogP contribution in [0.25, 0.3) is 17.1 Å². The van der Waals surface area contributed by atoms with Crippen molar-refractivity contribution in [2.24, 2.45) is 0 Å². The molecule has 4 aromatic rings. The van der Waals surface area contributed by atoms with E-state index in [4.69, 9.17) is 16.1 Å². The third-order valence-corrected chi connectivity index (χ3v) is 5.22. The molecule has 150 valence electrons. The molecule has 1 aliphatic carbocycles. The number of benzene rings is 2. The number of aromatic nitrogens is 4. The van der Waals surface area contributed by atoms with Gasteiger partial charge in [-0.05, 0) is 62.2 Å². The maximum absolute atomic E-state index is 12.7. The molecule has 1 amide bonds. The molecule has 2 heterocycles. The topological polar surface area (TPSA) is 85.8 Å². The van der Waals surface area contributed by atoms with Crippen molar-refractivity contribution in [3.8, 4) is 17.1 Å². The number of amides is 1. The largest absolute Gasteiger partial charge is 0.339 e. The van der Waals surface area contributed by atoms with E-state index in [0.29, 0.717) is 39.6 Å². The van der Waals surface area contributed by atoms with Gasteiger partial charge in [0.2, 0.25) is 11.7 Å². The highest BCUT2D eigenvalue weighted by Gasteiger charge is 2.29. The fourth-order valence-electron chi connectivity index (χ4n) is 3.19. The molecule has 30 heavy (non-hydrogen) atoms. The SMILES string of the molecule is Cc1nn(-c2ccc(-c3noc(C4CC4)n3)cc2)cc1C(=O)Nc1cccc(Cl)c1. The number of carbonyl (C=O) groups is 1. The predicted molar refractivity (Wildman–Crippen MR) is 113 cm³/mol. The summed E-state index contributed by atoms with van der Waals surface area (Å²) in [6.07, 6.45) is 3.95. The van der Waals surface area contributed by atoms with E-state index in [1.807, 2.05) is 24.3 Å². The molecule has 0 atom stereocenters. The molecule has 2 aromatic carbocycles. The number of nitrogens with zero attached hydrogens (tertiary/aromatic N) is 4. The molecule has 1 N–H and O–H groups in total. The lowest BCUT2D eigenvalue weighted by Gasteiger charge is -2.04. The molecule has 0 radical (unpaired) electrons. The molecule has 8 heteroatoms. The Morgan fingerprint density at radius 2 is 2.00 bits per heavy atom. The van der Waals surface area contributed by atoms with Crippen molar-refractivity contribution in [1.82, 2.24) is 19.9 Å². The molecule has 5 rings (SSSR count). The molecule has 7 nitrogen and oxygen atoms in total. The average molecular weight is 420 g/mol. The smallest absolute Gasteiger partial charge is 0.259 e. The van der Waals surface area contributed by atoms with E-state index in [-0.39, 0.29) is 5.91 Å². The van der Waals surface area contributed by atoms with Gasteiger partial charge in [0.05, 0.1) is 16.9 Å². The highest BCUT2D eigenvalue weighted by atomic mass is 35.5. The van der Waals surface area contributed by atoms with E-state index in [0.717, 1.165) is 24.1 Å². The summed E-state index contributed by atoms with van der Waals surface area (Å²) in [4.78, 5) is 17.1. The second-order valence-electron chi connectivity index (χ2n) is 7.31. The summed E-state index contributed by atoms with van der Waals surface area (Å²) in [5, 5.41) is 12.0. The normalized spacial score (nSPS) is 13.4. The van der Waals surface area contributed by atoms with Crippen LogP contribution in [0.3, 0.4) is 0 Å². The van der Waals surface area contributed by atoms with E-state index >= 15 is 0 Å². The van der Waals surface area contributed by atoms with E-state index in [1.165, 1.54) is 0 Å². The van der Waals surface area contributed by atoms with Crippen LogP contribution in [0.1, 0.15) is 40.7 Å². The first-order valence-electron chi connectivity index (χ1n) is 9.64. The lowest BCUT2D eigenvalue weighted by molar-refractivity contribution is 0.102. The van der Waals surface area contributed by atoms with Crippen LogP contribution in [0, 0.1) is 6.92 Å². The van der Waals surface area contributed by atoms with Gasteiger partial charge < -0.3 is 9.84 Å². The van der Waals surface area contributed by atoms with Crippen molar-refractivity contribution < 1.29 is 9.32 Å². The molecule has 0 saturated heterocycles. The van der Waals surface area contributed by atoms with Gasteiger partial charge in [0.25, 0.3) is 5.91 Å². The van der Waals surface area contributed by atoms with E-state index in [9.17, 15) is 4.79 Å². The highest BCUT2D eigenvalue weighted by molar-refractivity contribution is 6.31. The quantitative estimate of drug-likeness (QED) is 0.491. The maximum atomic E-state index is 12.7. The Bertz CT molecular complexity index is 1220. The van der Waals surface area contributed by atoms with Crippen molar-refractivity contribution in [3.63, 3.8) is 0 Å². The standard InChI is InChI=1S/C22H18ClN5O2/c1-13-19(21(29)24-17-4-2-3-16(23)11-17)12-28(26-13)18-9-7-14(8-10-18)20-25-22(30-27-20)15-5-6-15/h2-4,7-12,15H,5-6H2,1H3,(H,24,29). The molecule has 0 bridgehead atoms. The number of hydrogen-bond donors (Lipinski definition) is 1. The Kier molecular flexibility index (Phi) is 4.59. The van der Waals surface area contributed by atoms with Gasteiger partial charge in [0.1, 0.15) is 0 Å². The van der Waals surface area contributed by atoms with Crippen molar-refractivity contribution >= 4 is 23.2 Å². The number of halogens is 1. The van der Waals surface area contributed by atoms with Gasteiger partial charge >= 0.3 is 0 Å². The number of nitrogens with one attached hydrogen (secondary N) is 1. The van der Waals surface area contributed by atoms with Gasteiger partial charge in [-0.15, -0.1) is 0 Å². The summed E-state index contributed by atoms with van der Waals surface area (Å²) in [6.45, 7) is 1.80. The number of anilines is 1. The average Bonchev–Trinajstić information content (AvgIpc) is 3.33. The Morgan fingerprint density at radius 3 is 2.73 bits per heavy atom. The Morgan fingerprint density at radius 1 is 1.20 bits per heavy atom. The predicted octanol–water partition coefficient (Wildman–Crippen LogP) is 5.01. The van der Waals surface area contributed by atoms with Crippen molar-refractivity contribution in [1.29, 1.82) is 0 Å². The fraction of sp³-hybridized carbons (Fsp3) is 0.182. The molecule has 1 saturated carbocycles. The second kappa shape index (κ2) is 7.42. The summed E-state index contributed by atoms with van der Waals surface area (Å²) >= 11 is 5.98. The summed E-state index contributed by atoms with van der Waals surface area (Å²) in [7, 11) is 0. The minimum absolute atomic E-state index is 0.239. The number of rotatable bonds is 5. The first-order chi connectivity index (χ1) is 14.6. The van der Waals surface area contributed by atoms with Gasteiger partial charge in [0.15, 0.2) is 0 Å². The fourth-order valence-corrected chi connectivity index (χ4v) is 3.38. The minimum Gasteiger partial charge on any atom is -0.339 e. The van der Waals surface area contributed by atoms with Crippen LogP contribution in [0.15, 0.2) is 59.3 Å². The van der Waals surface area contributed by atoms with Gasteiger partial charge in [-0.3, -0.25) is 4.79 Å². The van der Waals surface area contributed by atoms with Crippen molar-refractivity contribution in [3.05, 3.63) is 76.9 Å². The zero-order valence-corrected chi connectivity index (χ0v) is 16.9. The Hall–Kier alpha value is -3.45. The molecule has 1 aliphatic rings. The zero-order valence-electron chi connectivity index (χ0n) is 16.2. The third-order valence-electron chi connectivity index (χ3n) is 4.98. The van der Waals surface area contributed by atoms with Crippen LogP contribution >= 0.6 is 11.6 Å². The lowest BCUT2D eigenvalue weighted by Crippen LogP contribution is -2.12. The second-order valence-corrected chi connectivity index (χ2v) is 7.75. The molecular formula is C22H18ClN5O2. The maximum Gasteiger partial charge on any atom is 0.259 e. The van der Waals surface area contributed by atoms with Gasteiger partial charge in [-0.25, -0.2) is 4.68 Å². The van der Waals surface area contributed by atoms with Crippen molar-refractivity contribution in [2.75, 3.05) is 5.32 Å². The number of carbonyl (C=O) groups excluding carboxylic acids is 1. The van der Waals surface area contributed by atoms with Crippen LogP contribution < -0.4 is 5.32 Å². The third kappa shape index (κ3) is 3.71. The highest BCUT2D eigenvalue weighted by Crippen LogP contribution is 2.39. The molecule has 0 unspecified atom stereocenters. The molecule has 0 aliphatic heterocycles. The van der Waals surface area contributed by atoms with Gasteiger partial charge in [-0.1, -0.05) is 22.8 Å². The molecule has 0 spiro atoms. The van der Waals surface area contributed by atoms with Gasteiger partial charge in [-0.2, -0.15) is 10.1 Å². The minimum atomic E-state index is -0.239. The number of aryl methyl sites for hydroxylation is 1. The van der Waals surface area contributed by atoms with Gasteiger partial charge in [0, 0.05) is 28.4 Å². The molecule has 1 fully saturated rings. The van der Waals surface area contributed by atoms with Crippen LogP contribution in [-0.2, 0) is 0 Å². The van der Waals surface area contributed by atoms with E-state index in [2.05, 4.69) is 20.6 Å². The van der Waals surface area contributed by atoms with Crippen LogP contribution in [-0.4, -0.2) is 25.8 Å². The van der Waals surface area contributed by atoms with Crippen LogP contribution in [0.4, 0.5) is 5.69 Å². The Balaban J connectivity index is 1.35. The zero-order chi connectivity index (χ0) is 20.7. The van der Waals surface area contributed by atoms with E-state index < -0.39 is 0 Å². The monoisotopic (exact) mass is 419 g/mol. The molecular weight excluding hydrogens is 402 g/mol. The first kappa shape index (κ1) is 18.6. The van der Waals surface area contributed by atoms with Crippen molar-refractivity contribution in [2.45, 2.75) is 25.7 Å². The summed E-state index contributed by atoms with van der Waals surface area (Å²) < 4.78 is 7.01.